The van der Waals surface area contributed by atoms with Gasteiger partial charge in [-0.15, -0.1) is 0 Å². The monoisotopic (exact) mass is 408 g/mol. The van der Waals surface area contributed by atoms with Gasteiger partial charge in [-0.2, -0.15) is 18.2 Å². The Kier molecular flexibility index (Phi) is 6.08. The molecule has 2 aromatic carbocycles. The molecule has 1 atom stereocenters. The predicted molar refractivity (Wildman–Crippen MR) is 106 cm³/mol. The Morgan fingerprint density at radius 3 is 2.55 bits per heavy atom. The molecular formula is C22H27F3N2O2. The summed E-state index contributed by atoms with van der Waals surface area (Å²) in [6, 6.07) is 8.28. The number of ether oxygens (including phenoxy) is 1. The van der Waals surface area contributed by atoms with E-state index in [4.69, 9.17) is 4.74 Å². The lowest BCUT2D eigenvalue weighted by atomic mass is 9.95. The van der Waals surface area contributed by atoms with Crippen LogP contribution in [0.25, 0.3) is 10.8 Å². The number of carbonyl (C=O) groups excluding carboxylic acids is 1. The minimum Gasteiger partial charge on any atom is -0.493 e. The molecule has 0 spiro atoms. The van der Waals surface area contributed by atoms with E-state index in [1.165, 1.54) is 12.1 Å². The number of hydrogen-bond acceptors (Lipinski definition) is 3. The molecule has 1 heterocycles. The quantitative estimate of drug-likeness (QED) is 0.613. The molecule has 0 aromatic heterocycles. The van der Waals surface area contributed by atoms with Crippen LogP contribution in [0.15, 0.2) is 36.4 Å². The third kappa shape index (κ3) is 4.66. The first-order valence-corrected chi connectivity index (χ1v) is 9.94. The number of alkyl halides is 3. The fourth-order valence-corrected chi connectivity index (χ4v) is 3.81. The van der Waals surface area contributed by atoms with Gasteiger partial charge in [-0.1, -0.05) is 44.0 Å². The molecule has 0 radical (unpaired) electrons. The molecule has 0 saturated carbocycles. The van der Waals surface area contributed by atoms with Crippen LogP contribution in [0.1, 0.15) is 58.1 Å². The largest absolute Gasteiger partial charge is 0.493 e. The Hall–Kier alpha value is -2.28. The first-order valence-electron chi connectivity index (χ1n) is 9.94. The smallest absolute Gasteiger partial charge is 0.409 e. The van der Waals surface area contributed by atoms with Gasteiger partial charge in [-0.25, -0.2) is 0 Å². The number of unbranched alkanes of at least 4 members (excludes halogenated alkanes) is 2. The minimum atomic E-state index is -4.57. The number of carbonyl (C=O) groups is 1. The molecule has 1 aliphatic rings. The van der Waals surface area contributed by atoms with Gasteiger partial charge in [-0.05, 0) is 43.4 Å². The molecule has 0 aliphatic carbocycles. The van der Waals surface area contributed by atoms with E-state index in [0.717, 1.165) is 29.7 Å². The summed E-state index contributed by atoms with van der Waals surface area (Å²) in [5, 5.41) is 2.48. The first kappa shape index (κ1) is 21.4. The molecule has 1 aliphatic heterocycles. The maximum absolute atomic E-state index is 14.2. The van der Waals surface area contributed by atoms with E-state index in [1.807, 2.05) is 12.1 Å². The topological polar surface area (TPSA) is 41.6 Å². The van der Waals surface area contributed by atoms with Crippen molar-refractivity contribution in [2.24, 2.45) is 0 Å². The normalized spacial score (nSPS) is 18.1. The molecule has 1 fully saturated rings. The van der Waals surface area contributed by atoms with E-state index < -0.39 is 23.7 Å². The van der Waals surface area contributed by atoms with Crippen molar-refractivity contribution in [2.45, 2.75) is 64.2 Å². The summed E-state index contributed by atoms with van der Waals surface area (Å²) in [7, 11) is 0. The van der Waals surface area contributed by atoms with Gasteiger partial charge in [0, 0.05) is 17.3 Å². The predicted octanol–water partition coefficient (Wildman–Crippen LogP) is 5.53. The Labute approximate surface area is 169 Å². The molecular weight excluding hydrogens is 381 g/mol. The highest BCUT2D eigenvalue weighted by molar-refractivity contribution is 5.89. The van der Waals surface area contributed by atoms with Crippen LogP contribution in [-0.2, 0) is 4.79 Å². The summed E-state index contributed by atoms with van der Waals surface area (Å²) in [5.41, 5.74) is 1.50. The van der Waals surface area contributed by atoms with E-state index in [2.05, 4.69) is 12.3 Å². The average molecular weight is 408 g/mol. The summed E-state index contributed by atoms with van der Waals surface area (Å²) in [6.45, 7) is 5.79. The Bertz CT molecular complexity index is 880. The molecule has 0 bridgehead atoms. The number of fused-ring (bicyclic) bond motifs is 1. The third-order valence-corrected chi connectivity index (χ3v) is 5.23. The van der Waals surface area contributed by atoms with Gasteiger partial charge in [0.05, 0.1) is 6.61 Å². The molecule has 1 saturated heterocycles. The van der Waals surface area contributed by atoms with Crippen molar-refractivity contribution < 1.29 is 22.7 Å². The average Bonchev–Trinajstić information content (AvgIpc) is 2.89. The van der Waals surface area contributed by atoms with Crippen molar-refractivity contribution in [3.8, 4) is 5.75 Å². The van der Waals surface area contributed by atoms with Gasteiger partial charge in [0.25, 0.3) is 0 Å². The molecule has 7 heteroatoms. The summed E-state index contributed by atoms with van der Waals surface area (Å²) in [5.74, 6) is 0.0212. The van der Waals surface area contributed by atoms with Crippen LogP contribution in [-0.4, -0.2) is 29.2 Å². The number of nitrogens with zero attached hydrogens (tertiary/aromatic N) is 1. The molecule has 2 aromatic rings. The second-order valence-corrected chi connectivity index (χ2v) is 8.13. The van der Waals surface area contributed by atoms with Gasteiger partial charge in [0.15, 0.2) is 6.04 Å². The molecule has 3 rings (SSSR count). The van der Waals surface area contributed by atoms with Gasteiger partial charge in [-0.3, -0.25) is 10.2 Å². The van der Waals surface area contributed by atoms with Crippen molar-refractivity contribution in [2.75, 3.05) is 6.61 Å². The lowest BCUT2D eigenvalue weighted by Gasteiger charge is -2.38. The summed E-state index contributed by atoms with van der Waals surface area (Å²) < 4.78 is 48.4. The standard InChI is InChI=1S/C22H27F3N2O2/c1-4-5-8-11-29-18-13-16(12-15-9-6-7-10-17(15)18)20(22(23,24)25)27-21(2,3)14-19(28)26-27/h6-7,9-10,12-13,20H,4-5,8,11,14H2,1-3H3,(H,26,28)/t20-/m0/s1. The Morgan fingerprint density at radius 1 is 1.21 bits per heavy atom. The summed E-state index contributed by atoms with van der Waals surface area (Å²) in [4.78, 5) is 11.9. The highest BCUT2D eigenvalue weighted by atomic mass is 19.4. The van der Waals surface area contributed by atoms with Crippen molar-refractivity contribution in [3.63, 3.8) is 0 Å². The summed E-state index contributed by atoms with van der Waals surface area (Å²) in [6.07, 6.45) is -1.70. The van der Waals surface area contributed by atoms with Crippen molar-refractivity contribution in [1.82, 2.24) is 10.4 Å². The number of hydrazine groups is 1. The van der Waals surface area contributed by atoms with Crippen molar-refractivity contribution in [1.29, 1.82) is 0 Å². The second-order valence-electron chi connectivity index (χ2n) is 8.13. The van der Waals surface area contributed by atoms with Crippen molar-refractivity contribution >= 4 is 16.7 Å². The van der Waals surface area contributed by atoms with Crippen LogP contribution in [0, 0.1) is 0 Å². The van der Waals surface area contributed by atoms with Gasteiger partial charge >= 0.3 is 6.18 Å². The zero-order valence-corrected chi connectivity index (χ0v) is 17.0. The number of amides is 1. The molecule has 0 unspecified atom stereocenters. The number of halogens is 3. The van der Waals surface area contributed by atoms with E-state index >= 15 is 0 Å². The summed E-state index contributed by atoms with van der Waals surface area (Å²) >= 11 is 0. The SMILES string of the molecule is CCCCCOc1cc([C@H](N2NC(=O)CC2(C)C)C(F)(F)F)cc2ccccc12. The van der Waals surface area contributed by atoms with Crippen molar-refractivity contribution in [3.05, 3.63) is 42.0 Å². The van der Waals surface area contributed by atoms with E-state index in [-0.39, 0.29) is 12.0 Å². The van der Waals surface area contributed by atoms with Crippen LogP contribution in [0.5, 0.6) is 5.75 Å². The third-order valence-electron chi connectivity index (χ3n) is 5.23. The molecule has 158 valence electrons. The van der Waals surface area contributed by atoms with Crippen LogP contribution in [0.3, 0.4) is 0 Å². The molecule has 1 amide bonds. The molecule has 29 heavy (non-hydrogen) atoms. The lowest BCUT2D eigenvalue weighted by molar-refractivity contribution is -0.203. The van der Waals surface area contributed by atoms with Gasteiger partial charge in [0.2, 0.25) is 5.91 Å². The first-order chi connectivity index (χ1) is 13.6. The fraction of sp³-hybridized carbons (Fsp3) is 0.500. The zero-order chi connectivity index (χ0) is 21.2. The van der Waals surface area contributed by atoms with Crippen LogP contribution in [0.4, 0.5) is 13.2 Å². The lowest BCUT2D eigenvalue weighted by Crippen LogP contribution is -2.51. The highest BCUT2D eigenvalue weighted by Gasteiger charge is 2.53. The van der Waals surface area contributed by atoms with Crippen LogP contribution in [0.2, 0.25) is 0 Å². The number of rotatable bonds is 7. The maximum atomic E-state index is 14.2. The Morgan fingerprint density at radius 2 is 1.93 bits per heavy atom. The zero-order valence-electron chi connectivity index (χ0n) is 17.0. The van der Waals surface area contributed by atoms with Crippen LogP contribution >= 0.6 is 0 Å². The minimum absolute atomic E-state index is 0.00748. The molecule has 1 N–H and O–H groups in total. The number of nitrogens with one attached hydrogen (secondary N) is 1. The van der Waals surface area contributed by atoms with E-state index in [1.54, 1.807) is 26.0 Å². The van der Waals surface area contributed by atoms with Gasteiger partial charge in [0.1, 0.15) is 5.75 Å². The second kappa shape index (κ2) is 8.22. The van der Waals surface area contributed by atoms with E-state index in [9.17, 15) is 18.0 Å². The fourth-order valence-electron chi connectivity index (χ4n) is 3.81. The highest BCUT2D eigenvalue weighted by Crippen LogP contribution is 2.44. The molecule has 4 nitrogen and oxygen atoms in total. The van der Waals surface area contributed by atoms with Crippen LogP contribution < -0.4 is 10.2 Å². The number of benzene rings is 2. The number of hydrogen-bond donors (Lipinski definition) is 1. The maximum Gasteiger partial charge on any atom is 0.409 e. The van der Waals surface area contributed by atoms with Gasteiger partial charge < -0.3 is 4.74 Å². The van der Waals surface area contributed by atoms with E-state index in [0.29, 0.717) is 17.7 Å². The Balaban J connectivity index is 2.06.